The van der Waals surface area contributed by atoms with Crippen molar-refractivity contribution in [1.82, 2.24) is 0 Å². The van der Waals surface area contributed by atoms with Gasteiger partial charge in [-0.05, 0) is 60.8 Å². The minimum absolute atomic E-state index is 0.00502. The zero-order chi connectivity index (χ0) is 31.6. The topological polar surface area (TPSA) is 175 Å². The third kappa shape index (κ3) is 5.58. The molecule has 11 heteroatoms. The van der Waals surface area contributed by atoms with E-state index in [1.165, 1.54) is 6.92 Å². The van der Waals surface area contributed by atoms with Crippen LogP contribution in [-0.2, 0) is 23.7 Å². The molecule has 5 rings (SSSR count). The number of Topliss-reactive ketones (excluding diaryl/α,β-unsaturated/α-hetero) is 1. The zero-order valence-corrected chi connectivity index (χ0v) is 25.8. The monoisotopic (exact) mass is 610 g/mol. The maximum atomic E-state index is 13.6. The lowest BCUT2D eigenvalue weighted by Gasteiger charge is -2.61. The van der Waals surface area contributed by atoms with Crippen LogP contribution in [0.4, 0.5) is 0 Å². The molecular formula is C32H50O11. The molecule has 0 aromatic heterocycles. The van der Waals surface area contributed by atoms with Gasteiger partial charge in [-0.15, -0.1) is 6.58 Å². The van der Waals surface area contributed by atoms with Crippen LogP contribution in [0.3, 0.4) is 0 Å². The van der Waals surface area contributed by atoms with Crippen LogP contribution in [-0.4, -0.2) is 111 Å². The lowest BCUT2D eigenvalue weighted by Crippen LogP contribution is -2.65. The molecule has 6 N–H and O–H groups in total. The Labute approximate surface area is 253 Å². The molecule has 2 saturated heterocycles. The van der Waals surface area contributed by atoms with Crippen molar-refractivity contribution in [1.29, 1.82) is 0 Å². The Balaban J connectivity index is 1.39. The molecule has 0 amide bonds. The van der Waals surface area contributed by atoms with Crippen molar-refractivity contribution in [2.45, 2.75) is 134 Å². The van der Waals surface area contributed by atoms with E-state index in [-0.39, 0.29) is 28.4 Å². The van der Waals surface area contributed by atoms with Gasteiger partial charge in [-0.1, -0.05) is 39.8 Å². The van der Waals surface area contributed by atoms with Gasteiger partial charge in [0.25, 0.3) is 0 Å². The normalized spacial score (nSPS) is 51.7. The molecule has 0 aromatic rings. The van der Waals surface area contributed by atoms with E-state index in [9.17, 15) is 35.4 Å². The predicted octanol–water partition coefficient (Wildman–Crippen LogP) is 0.967. The van der Waals surface area contributed by atoms with Crippen molar-refractivity contribution >= 4 is 5.78 Å². The fraction of sp³-hybridized carbons (Fsp3) is 0.844. The molecule has 15 atom stereocenters. The summed E-state index contributed by atoms with van der Waals surface area (Å²) in [5, 5.41) is 62.5. The molecule has 11 nitrogen and oxygen atoms in total. The van der Waals surface area contributed by atoms with Crippen molar-refractivity contribution in [3.63, 3.8) is 0 Å². The Morgan fingerprint density at radius 3 is 2.28 bits per heavy atom. The number of hydrogen-bond acceptors (Lipinski definition) is 11. The van der Waals surface area contributed by atoms with E-state index >= 15 is 0 Å². The van der Waals surface area contributed by atoms with E-state index in [1.54, 1.807) is 0 Å². The van der Waals surface area contributed by atoms with Gasteiger partial charge in [-0.2, -0.15) is 0 Å². The largest absolute Gasteiger partial charge is 0.394 e. The summed E-state index contributed by atoms with van der Waals surface area (Å²) in [6, 6.07) is 0. The van der Waals surface area contributed by atoms with Crippen molar-refractivity contribution in [2.24, 2.45) is 28.1 Å². The second-order valence-electron chi connectivity index (χ2n) is 14.6. The van der Waals surface area contributed by atoms with Gasteiger partial charge in [0.05, 0.1) is 18.8 Å². The maximum absolute atomic E-state index is 13.6. The summed E-state index contributed by atoms with van der Waals surface area (Å²) in [5.74, 6) is 0.286. The van der Waals surface area contributed by atoms with E-state index in [0.717, 1.165) is 24.8 Å². The minimum atomic E-state index is -1.65. The van der Waals surface area contributed by atoms with Crippen LogP contribution in [0.5, 0.6) is 0 Å². The summed E-state index contributed by atoms with van der Waals surface area (Å²) in [6.07, 6.45) is -6.56. The zero-order valence-electron chi connectivity index (χ0n) is 25.8. The number of carbonyl (C=O) groups excluding carboxylic acids is 1. The molecule has 2 saturated carbocycles. The summed E-state index contributed by atoms with van der Waals surface area (Å²) in [4.78, 5) is 13.6. The third-order valence-electron chi connectivity index (χ3n) is 11.5. The Morgan fingerprint density at radius 2 is 1.63 bits per heavy atom. The van der Waals surface area contributed by atoms with Gasteiger partial charge < -0.3 is 49.6 Å². The number of aliphatic hydroxyl groups excluding tert-OH is 6. The molecule has 15 unspecified atom stereocenters. The molecule has 2 aliphatic heterocycles. The fourth-order valence-corrected chi connectivity index (χ4v) is 8.54. The average Bonchev–Trinajstić information content (AvgIpc) is 2.97. The quantitative estimate of drug-likeness (QED) is 0.187. The maximum Gasteiger partial charge on any atom is 0.187 e. The predicted molar refractivity (Wildman–Crippen MR) is 153 cm³/mol. The summed E-state index contributed by atoms with van der Waals surface area (Å²) in [7, 11) is 0. The molecule has 43 heavy (non-hydrogen) atoms. The molecule has 5 aliphatic rings. The fourth-order valence-electron chi connectivity index (χ4n) is 8.54. The minimum Gasteiger partial charge on any atom is -0.394 e. The second kappa shape index (κ2) is 11.8. The molecule has 0 radical (unpaired) electrons. The molecule has 4 fully saturated rings. The molecule has 3 aliphatic carbocycles. The summed E-state index contributed by atoms with van der Waals surface area (Å²) < 4.78 is 24.0. The average molecular weight is 611 g/mol. The first-order valence-corrected chi connectivity index (χ1v) is 15.6. The molecule has 0 aromatic carbocycles. The smallest absolute Gasteiger partial charge is 0.187 e. The number of ether oxygens (including phenoxy) is 4. The number of ketones is 1. The molecule has 244 valence electrons. The lowest BCUT2D eigenvalue weighted by atomic mass is 9.44. The molecular weight excluding hydrogens is 560 g/mol. The second-order valence-corrected chi connectivity index (χ2v) is 14.6. The first-order chi connectivity index (χ1) is 20.1. The van der Waals surface area contributed by atoms with Gasteiger partial charge in [0.15, 0.2) is 18.4 Å². The van der Waals surface area contributed by atoms with Crippen molar-refractivity contribution in [2.75, 3.05) is 6.61 Å². The molecule has 2 heterocycles. The van der Waals surface area contributed by atoms with E-state index in [4.69, 9.17) is 18.9 Å². The lowest BCUT2D eigenvalue weighted by molar-refractivity contribution is -0.375. The van der Waals surface area contributed by atoms with Crippen LogP contribution >= 0.6 is 0 Å². The number of fused-ring (bicyclic) bond motifs is 3. The number of rotatable bonds is 6. The van der Waals surface area contributed by atoms with Gasteiger partial charge in [-0.25, -0.2) is 0 Å². The van der Waals surface area contributed by atoms with Gasteiger partial charge in [0, 0.05) is 11.8 Å². The summed E-state index contributed by atoms with van der Waals surface area (Å²) >= 11 is 0. The highest BCUT2D eigenvalue weighted by Gasteiger charge is 2.61. The SMILES string of the molecule is C=CC1(C)C=C2C(=O)CC3C(C)(C)C(OC4OC(CO)C(O)C(O)C4OC4OC(C)C(O)C(O)C4O)CCC3(C)C2CC1. The van der Waals surface area contributed by atoms with Gasteiger partial charge in [0.1, 0.15) is 42.7 Å². The Kier molecular flexibility index (Phi) is 9.12. The van der Waals surface area contributed by atoms with Crippen LogP contribution in [0.1, 0.15) is 66.7 Å². The first kappa shape index (κ1) is 33.1. The summed E-state index contributed by atoms with van der Waals surface area (Å²) in [5.41, 5.74) is 0.0874. The number of carbonyl (C=O) groups is 1. The van der Waals surface area contributed by atoms with Crippen LogP contribution in [0.25, 0.3) is 0 Å². The van der Waals surface area contributed by atoms with Crippen LogP contribution in [0, 0.1) is 28.1 Å². The highest BCUT2D eigenvalue weighted by atomic mass is 16.8. The van der Waals surface area contributed by atoms with Crippen molar-refractivity contribution < 1.29 is 54.4 Å². The van der Waals surface area contributed by atoms with E-state index in [1.807, 2.05) is 6.08 Å². The Bertz CT molecular complexity index is 1090. The summed E-state index contributed by atoms with van der Waals surface area (Å²) in [6.45, 7) is 13.5. The number of hydrogen-bond donors (Lipinski definition) is 6. The van der Waals surface area contributed by atoms with Crippen LogP contribution < -0.4 is 0 Å². The van der Waals surface area contributed by atoms with Crippen LogP contribution in [0.15, 0.2) is 24.3 Å². The number of allylic oxidation sites excluding steroid dienone is 3. The van der Waals surface area contributed by atoms with Gasteiger partial charge in [0.2, 0.25) is 0 Å². The van der Waals surface area contributed by atoms with Gasteiger partial charge in [-0.3, -0.25) is 4.79 Å². The van der Waals surface area contributed by atoms with Crippen LogP contribution in [0.2, 0.25) is 0 Å². The highest BCUT2D eigenvalue weighted by Crippen LogP contribution is 2.63. The highest BCUT2D eigenvalue weighted by molar-refractivity contribution is 5.97. The Hall–Kier alpha value is -1.25. The third-order valence-corrected chi connectivity index (χ3v) is 11.5. The van der Waals surface area contributed by atoms with E-state index in [0.29, 0.717) is 12.8 Å². The molecule has 0 spiro atoms. The van der Waals surface area contributed by atoms with Crippen molar-refractivity contribution in [3.05, 3.63) is 24.3 Å². The van der Waals surface area contributed by atoms with Gasteiger partial charge >= 0.3 is 0 Å². The van der Waals surface area contributed by atoms with E-state index in [2.05, 4.69) is 40.3 Å². The molecule has 0 bridgehead atoms. The first-order valence-electron chi connectivity index (χ1n) is 15.6. The van der Waals surface area contributed by atoms with Crippen molar-refractivity contribution in [3.8, 4) is 0 Å². The number of aliphatic hydroxyl groups is 6. The standard InChI is InChI=1S/C32H50O11/c1-7-31(5)10-8-17-16(13-31)18(34)12-20-30(3,4)21(9-11-32(17,20)6)42-29-27(25(38)23(36)19(14-33)41-29)43-28-26(39)24(37)22(35)15(2)40-28/h7,13,15,17,19-29,33,35-39H,1,8-12,14H2,2-6H3. The Morgan fingerprint density at radius 1 is 0.930 bits per heavy atom. The van der Waals surface area contributed by atoms with E-state index < -0.39 is 79.5 Å².